The van der Waals surface area contributed by atoms with Crippen LogP contribution in [0.25, 0.3) is 6.08 Å². The van der Waals surface area contributed by atoms with Gasteiger partial charge < -0.3 is 15.1 Å². The molecule has 1 saturated heterocycles. The van der Waals surface area contributed by atoms with E-state index in [0.29, 0.717) is 6.42 Å². The number of hydrogen-bond donors (Lipinski definition) is 1. The number of hydrogen-bond acceptors (Lipinski definition) is 4. The standard InChI is InChI=1S/C29H29N3OS/c1-4-31-23-11-7-8-12-25(23)34-26-19-20(13-14-24(26)31)15-17-29-28(2,3)21-9-5-6-10-22(21)32(29)18-16-27(33)30-29/h5-15,17,19H,4,16,18H2,1-3H3,(H,30,33). The Kier molecular flexibility index (Phi) is 4.82. The minimum Gasteiger partial charge on any atom is -0.344 e. The number of anilines is 3. The van der Waals surface area contributed by atoms with Crippen LogP contribution in [0.1, 0.15) is 38.3 Å². The molecular weight excluding hydrogens is 438 g/mol. The van der Waals surface area contributed by atoms with Crippen LogP contribution in [0.4, 0.5) is 17.1 Å². The molecule has 1 N–H and O–H groups in total. The van der Waals surface area contributed by atoms with Gasteiger partial charge in [0.25, 0.3) is 0 Å². The Bertz CT molecular complexity index is 1330. The summed E-state index contributed by atoms with van der Waals surface area (Å²) in [6, 6.07) is 23.8. The van der Waals surface area contributed by atoms with Crippen LogP contribution in [0.2, 0.25) is 0 Å². The Labute approximate surface area is 205 Å². The van der Waals surface area contributed by atoms with Gasteiger partial charge in [0, 0.05) is 40.4 Å². The maximum atomic E-state index is 12.7. The van der Waals surface area contributed by atoms with E-state index in [4.69, 9.17) is 0 Å². The van der Waals surface area contributed by atoms with Gasteiger partial charge in [0.05, 0.1) is 11.4 Å². The molecule has 4 nitrogen and oxygen atoms in total. The Hall–Kier alpha value is -3.18. The molecular formula is C29H29N3OS. The monoisotopic (exact) mass is 467 g/mol. The second-order valence-corrected chi connectivity index (χ2v) is 10.8. The summed E-state index contributed by atoms with van der Waals surface area (Å²) in [5.41, 5.74) is 5.31. The van der Waals surface area contributed by atoms with Gasteiger partial charge in [0.1, 0.15) is 5.66 Å². The quantitative estimate of drug-likeness (QED) is 0.488. The Morgan fingerprint density at radius 3 is 2.53 bits per heavy atom. The smallest absolute Gasteiger partial charge is 0.223 e. The molecule has 0 aliphatic carbocycles. The average Bonchev–Trinajstić information content (AvgIpc) is 3.04. The number of rotatable bonds is 3. The fourth-order valence-corrected chi connectivity index (χ4v) is 6.97. The summed E-state index contributed by atoms with van der Waals surface area (Å²) in [5.74, 6) is 0.109. The number of carbonyl (C=O) groups excluding carboxylic acids is 1. The molecule has 0 aromatic heterocycles. The SMILES string of the molecule is CCN1c2ccccc2Sc2cc(C=CC34NC(=O)CCN3c3ccccc3C4(C)C)ccc21. The third-order valence-corrected chi connectivity index (χ3v) is 8.74. The molecule has 34 heavy (non-hydrogen) atoms. The summed E-state index contributed by atoms with van der Waals surface area (Å²) in [6.07, 6.45) is 4.91. The van der Waals surface area contributed by atoms with Crippen molar-refractivity contribution in [2.45, 2.75) is 48.1 Å². The molecule has 0 saturated carbocycles. The minimum absolute atomic E-state index is 0.109. The summed E-state index contributed by atoms with van der Waals surface area (Å²) in [7, 11) is 0. The average molecular weight is 468 g/mol. The second kappa shape index (κ2) is 7.67. The number of nitrogens with one attached hydrogen (secondary N) is 1. The van der Waals surface area contributed by atoms with Gasteiger partial charge in [-0.1, -0.05) is 68.1 Å². The number of para-hydroxylation sites is 2. The number of carbonyl (C=O) groups is 1. The van der Waals surface area contributed by atoms with E-state index in [9.17, 15) is 4.79 Å². The van der Waals surface area contributed by atoms with Gasteiger partial charge in [-0.05, 0) is 54.5 Å². The molecule has 3 aromatic carbocycles. The summed E-state index contributed by atoms with van der Waals surface area (Å²) in [5, 5.41) is 3.38. The van der Waals surface area contributed by atoms with Gasteiger partial charge in [0.15, 0.2) is 0 Å². The van der Waals surface area contributed by atoms with Crippen molar-refractivity contribution < 1.29 is 4.79 Å². The van der Waals surface area contributed by atoms with Gasteiger partial charge in [-0.15, -0.1) is 0 Å². The van der Waals surface area contributed by atoms with Crippen LogP contribution < -0.4 is 15.1 Å². The third kappa shape index (κ3) is 2.96. The highest BCUT2D eigenvalue weighted by atomic mass is 32.2. The molecule has 0 bridgehead atoms. The Morgan fingerprint density at radius 1 is 0.971 bits per heavy atom. The highest BCUT2D eigenvalue weighted by Crippen LogP contribution is 2.53. The third-order valence-electron chi connectivity index (χ3n) is 7.62. The molecule has 0 radical (unpaired) electrons. The van der Waals surface area contributed by atoms with Gasteiger partial charge in [0.2, 0.25) is 5.91 Å². The van der Waals surface area contributed by atoms with Gasteiger partial charge in [-0.25, -0.2) is 0 Å². The van der Waals surface area contributed by atoms with E-state index in [2.05, 4.69) is 115 Å². The lowest BCUT2D eigenvalue weighted by atomic mass is 9.74. The van der Waals surface area contributed by atoms with Crippen LogP contribution in [0, 0.1) is 0 Å². The lowest BCUT2D eigenvalue weighted by Gasteiger charge is -2.49. The minimum atomic E-state index is -0.586. The van der Waals surface area contributed by atoms with Crippen molar-refractivity contribution in [1.29, 1.82) is 0 Å². The fourth-order valence-electron chi connectivity index (χ4n) is 5.83. The van der Waals surface area contributed by atoms with E-state index in [1.807, 2.05) is 11.8 Å². The van der Waals surface area contributed by atoms with E-state index >= 15 is 0 Å². The van der Waals surface area contributed by atoms with Crippen molar-refractivity contribution in [3.05, 3.63) is 83.9 Å². The van der Waals surface area contributed by atoms with Crippen LogP contribution >= 0.6 is 11.8 Å². The topological polar surface area (TPSA) is 35.6 Å². The molecule has 6 rings (SSSR count). The van der Waals surface area contributed by atoms with Gasteiger partial charge >= 0.3 is 0 Å². The molecule has 1 amide bonds. The molecule has 172 valence electrons. The maximum absolute atomic E-state index is 12.7. The largest absolute Gasteiger partial charge is 0.344 e. The lowest BCUT2D eigenvalue weighted by Crippen LogP contribution is -2.68. The van der Waals surface area contributed by atoms with E-state index < -0.39 is 5.66 Å². The maximum Gasteiger partial charge on any atom is 0.223 e. The Balaban J connectivity index is 1.40. The molecule has 3 aliphatic rings. The predicted octanol–water partition coefficient (Wildman–Crippen LogP) is 6.34. The second-order valence-electron chi connectivity index (χ2n) is 9.73. The number of fused-ring (bicyclic) bond motifs is 5. The molecule has 1 atom stereocenters. The van der Waals surface area contributed by atoms with Crippen molar-refractivity contribution in [1.82, 2.24) is 5.32 Å². The first-order chi connectivity index (χ1) is 16.4. The number of benzene rings is 3. The van der Waals surface area contributed by atoms with Crippen molar-refractivity contribution in [3.63, 3.8) is 0 Å². The molecule has 3 aromatic rings. The molecule has 5 heteroatoms. The fraction of sp³-hybridized carbons (Fsp3) is 0.276. The molecule has 1 unspecified atom stereocenters. The van der Waals surface area contributed by atoms with Gasteiger partial charge in [-0.3, -0.25) is 4.79 Å². The predicted molar refractivity (Wildman–Crippen MR) is 141 cm³/mol. The molecule has 3 aliphatic heterocycles. The summed E-state index contributed by atoms with van der Waals surface area (Å²) >= 11 is 1.83. The van der Waals surface area contributed by atoms with E-state index in [1.54, 1.807) is 0 Å². The zero-order chi connectivity index (χ0) is 23.5. The zero-order valence-corrected chi connectivity index (χ0v) is 20.7. The van der Waals surface area contributed by atoms with Crippen LogP contribution in [-0.4, -0.2) is 24.7 Å². The van der Waals surface area contributed by atoms with E-state index in [-0.39, 0.29) is 11.3 Å². The Morgan fingerprint density at radius 2 is 1.71 bits per heavy atom. The lowest BCUT2D eigenvalue weighted by molar-refractivity contribution is -0.124. The van der Waals surface area contributed by atoms with Crippen molar-refractivity contribution in [2.75, 3.05) is 22.9 Å². The highest BCUT2D eigenvalue weighted by molar-refractivity contribution is 7.99. The molecule has 3 heterocycles. The van der Waals surface area contributed by atoms with Crippen LogP contribution in [0.3, 0.4) is 0 Å². The molecule has 1 fully saturated rings. The highest BCUT2D eigenvalue weighted by Gasteiger charge is 2.57. The summed E-state index contributed by atoms with van der Waals surface area (Å²) < 4.78 is 0. The number of amides is 1. The zero-order valence-electron chi connectivity index (χ0n) is 19.8. The van der Waals surface area contributed by atoms with Crippen molar-refractivity contribution in [2.24, 2.45) is 0 Å². The first-order valence-corrected chi connectivity index (χ1v) is 12.8. The van der Waals surface area contributed by atoms with Crippen molar-refractivity contribution in [3.8, 4) is 0 Å². The summed E-state index contributed by atoms with van der Waals surface area (Å²) in [4.78, 5) is 20.0. The first kappa shape index (κ1) is 21.4. The number of nitrogens with zero attached hydrogens (tertiary/aromatic N) is 2. The van der Waals surface area contributed by atoms with Crippen LogP contribution in [0.5, 0.6) is 0 Å². The summed E-state index contributed by atoms with van der Waals surface area (Å²) in [6.45, 7) is 8.32. The first-order valence-electron chi connectivity index (χ1n) is 12.0. The van der Waals surface area contributed by atoms with E-state index in [1.165, 1.54) is 32.4 Å². The van der Waals surface area contributed by atoms with Crippen LogP contribution in [-0.2, 0) is 10.2 Å². The van der Waals surface area contributed by atoms with Gasteiger partial charge in [-0.2, -0.15) is 0 Å². The van der Waals surface area contributed by atoms with Crippen molar-refractivity contribution >= 4 is 40.8 Å². The normalized spacial score (nSPS) is 22.1. The molecule has 0 spiro atoms. The van der Waals surface area contributed by atoms with E-state index in [0.717, 1.165) is 18.7 Å². The van der Waals surface area contributed by atoms with Crippen LogP contribution in [0.15, 0.2) is 82.6 Å².